The van der Waals surface area contributed by atoms with Crippen molar-refractivity contribution in [3.63, 3.8) is 0 Å². The van der Waals surface area contributed by atoms with Gasteiger partial charge in [0, 0.05) is 53.3 Å². The van der Waals surface area contributed by atoms with Crippen LogP contribution in [0, 0.1) is 6.92 Å². The van der Waals surface area contributed by atoms with Gasteiger partial charge in [-0.1, -0.05) is 11.6 Å². The molecule has 0 radical (unpaired) electrons. The average Bonchev–Trinajstić information content (AvgIpc) is 3.15. The van der Waals surface area contributed by atoms with Gasteiger partial charge in [-0.05, 0) is 49.7 Å². The van der Waals surface area contributed by atoms with E-state index in [1.165, 1.54) is 11.3 Å². The maximum absolute atomic E-state index is 12.6. The van der Waals surface area contributed by atoms with E-state index in [1.807, 2.05) is 43.3 Å². The molecule has 4 aromatic rings. The third-order valence-electron chi connectivity index (χ3n) is 4.57. The summed E-state index contributed by atoms with van der Waals surface area (Å²) in [5, 5.41) is 8.88. The number of anilines is 1. The molecule has 8 heteroatoms. The lowest BCUT2D eigenvalue weighted by Crippen LogP contribution is -2.25. The first kappa shape index (κ1) is 20.3. The monoisotopic (exact) mass is 437 g/mol. The van der Waals surface area contributed by atoms with Gasteiger partial charge < -0.3 is 10.6 Å². The van der Waals surface area contributed by atoms with Crippen LogP contribution in [-0.2, 0) is 0 Å². The second-order valence-corrected chi connectivity index (χ2v) is 8.17. The molecule has 0 saturated heterocycles. The van der Waals surface area contributed by atoms with Crippen molar-refractivity contribution in [2.75, 3.05) is 18.4 Å². The highest BCUT2D eigenvalue weighted by molar-refractivity contribution is 7.17. The highest BCUT2D eigenvalue weighted by Crippen LogP contribution is 2.27. The third-order valence-corrected chi connectivity index (χ3v) is 6.01. The van der Waals surface area contributed by atoms with E-state index >= 15 is 0 Å². The van der Waals surface area contributed by atoms with Crippen LogP contribution in [0.4, 0.5) is 5.69 Å². The number of thiazole rings is 1. The van der Waals surface area contributed by atoms with Crippen LogP contribution < -0.4 is 10.6 Å². The van der Waals surface area contributed by atoms with Gasteiger partial charge in [0.25, 0.3) is 5.91 Å². The summed E-state index contributed by atoms with van der Waals surface area (Å²) in [6.07, 6.45) is 6.02. The normalized spacial score (nSPS) is 10.9. The van der Waals surface area contributed by atoms with Crippen LogP contribution in [0.5, 0.6) is 0 Å². The number of halogens is 1. The molecule has 0 aliphatic heterocycles. The Kier molecular flexibility index (Phi) is 6.21. The number of aromatic nitrogens is 3. The molecule has 0 unspecified atom stereocenters. The summed E-state index contributed by atoms with van der Waals surface area (Å²) in [6, 6.07) is 11.4. The van der Waals surface area contributed by atoms with Crippen molar-refractivity contribution in [3.8, 4) is 10.6 Å². The van der Waals surface area contributed by atoms with Crippen molar-refractivity contribution < 1.29 is 4.79 Å². The van der Waals surface area contributed by atoms with Crippen LogP contribution in [0.3, 0.4) is 0 Å². The molecule has 0 spiro atoms. The van der Waals surface area contributed by atoms with Gasteiger partial charge in [0.05, 0.1) is 11.2 Å². The van der Waals surface area contributed by atoms with Crippen molar-refractivity contribution in [2.24, 2.45) is 0 Å². The quantitative estimate of drug-likeness (QED) is 0.400. The van der Waals surface area contributed by atoms with E-state index < -0.39 is 0 Å². The van der Waals surface area contributed by atoms with Crippen molar-refractivity contribution in [1.29, 1.82) is 0 Å². The minimum absolute atomic E-state index is 0.0934. The number of carbonyl (C=O) groups excluding carboxylic acids is 1. The maximum atomic E-state index is 12.6. The van der Waals surface area contributed by atoms with Crippen LogP contribution in [-0.4, -0.2) is 33.9 Å². The molecule has 3 aromatic heterocycles. The molecule has 2 N–H and O–H groups in total. The molecule has 30 heavy (non-hydrogen) atoms. The van der Waals surface area contributed by atoms with Gasteiger partial charge in [0.15, 0.2) is 0 Å². The maximum Gasteiger partial charge on any atom is 0.263 e. The molecule has 0 aliphatic carbocycles. The van der Waals surface area contributed by atoms with Crippen LogP contribution in [0.2, 0.25) is 5.02 Å². The number of hydrogen-bond donors (Lipinski definition) is 2. The molecule has 0 aliphatic rings. The minimum atomic E-state index is -0.0934. The number of nitrogens with zero attached hydrogens (tertiary/aromatic N) is 3. The number of carbonyl (C=O) groups is 1. The molecule has 152 valence electrons. The van der Waals surface area contributed by atoms with E-state index in [-0.39, 0.29) is 5.91 Å². The minimum Gasteiger partial charge on any atom is -0.384 e. The molecule has 0 fully saturated rings. The topological polar surface area (TPSA) is 79.8 Å². The van der Waals surface area contributed by atoms with Gasteiger partial charge in [-0.25, -0.2) is 4.98 Å². The molecule has 1 amide bonds. The van der Waals surface area contributed by atoms with Crippen LogP contribution in [0.15, 0.2) is 55.0 Å². The lowest BCUT2D eigenvalue weighted by molar-refractivity contribution is 0.0957. The summed E-state index contributed by atoms with van der Waals surface area (Å²) in [7, 11) is 0. The summed E-state index contributed by atoms with van der Waals surface area (Å²) in [4.78, 5) is 26.2. The molecule has 0 atom stereocenters. The Bertz CT molecular complexity index is 1180. The fourth-order valence-electron chi connectivity index (χ4n) is 3.09. The van der Waals surface area contributed by atoms with Crippen LogP contribution >= 0.6 is 22.9 Å². The zero-order chi connectivity index (χ0) is 20.9. The lowest BCUT2D eigenvalue weighted by Gasteiger charge is -2.10. The summed E-state index contributed by atoms with van der Waals surface area (Å²) in [5.74, 6) is -0.0934. The highest BCUT2D eigenvalue weighted by Gasteiger charge is 2.15. The summed E-state index contributed by atoms with van der Waals surface area (Å²) < 4.78 is 0. The molecular weight excluding hydrogens is 418 g/mol. The molecule has 3 heterocycles. The fraction of sp³-hybridized carbons (Fsp3) is 0.182. The van der Waals surface area contributed by atoms with Gasteiger partial charge in [-0.2, -0.15) is 0 Å². The van der Waals surface area contributed by atoms with E-state index in [0.29, 0.717) is 16.4 Å². The number of benzene rings is 1. The van der Waals surface area contributed by atoms with Gasteiger partial charge in [-0.15, -0.1) is 11.3 Å². The Morgan fingerprint density at radius 2 is 2.07 bits per heavy atom. The largest absolute Gasteiger partial charge is 0.384 e. The van der Waals surface area contributed by atoms with Crippen molar-refractivity contribution in [3.05, 3.63) is 70.6 Å². The molecule has 0 bridgehead atoms. The second kappa shape index (κ2) is 9.19. The number of rotatable bonds is 7. The van der Waals surface area contributed by atoms with Gasteiger partial charge in [0.1, 0.15) is 9.88 Å². The molecule has 1 aromatic carbocycles. The zero-order valence-electron chi connectivity index (χ0n) is 16.4. The Balaban J connectivity index is 1.30. The summed E-state index contributed by atoms with van der Waals surface area (Å²) >= 11 is 7.42. The van der Waals surface area contributed by atoms with Crippen LogP contribution in [0.1, 0.15) is 21.8 Å². The number of fused-ring (bicyclic) bond motifs is 1. The van der Waals surface area contributed by atoms with E-state index in [0.717, 1.165) is 45.8 Å². The standard InChI is InChI=1S/C22H20ClN5OS/c1-14-20(30-22(28-14)15-4-2-8-24-13-15)21(29)27-10-3-9-25-18-7-11-26-19-12-16(23)5-6-17(18)19/h2,4-8,11-13H,3,9-10H2,1H3,(H,25,26)(H,27,29). The number of amides is 1. The third kappa shape index (κ3) is 4.58. The number of aryl methyl sites for hydroxylation is 1. The summed E-state index contributed by atoms with van der Waals surface area (Å²) in [6.45, 7) is 3.15. The molecule has 0 saturated carbocycles. The number of nitrogens with one attached hydrogen (secondary N) is 2. The second-order valence-electron chi connectivity index (χ2n) is 6.73. The Hall–Kier alpha value is -3.03. The SMILES string of the molecule is Cc1nc(-c2cccnc2)sc1C(=O)NCCCNc1ccnc2cc(Cl)ccc12. The van der Waals surface area contributed by atoms with Gasteiger partial charge in [0.2, 0.25) is 0 Å². The van der Waals surface area contributed by atoms with Crippen molar-refractivity contribution in [1.82, 2.24) is 20.3 Å². The fourth-order valence-corrected chi connectivity index (χ4v) is 4.23. The van der Waals surface area contributed by atoms with Crippen molar-refractivity contribution in [2.45, 2.75) is 13.3 Å². The van der Waals surface area contributed by atoms with E-state index in [9.17, 15) is 4.79 Å². The Morgan fingerprint density at radius 1 is 1.17 bits per heavy atom. The highest BCUT2D eigenvalue weighted by atomic mass is 35.5. The molecular formula is C22H20ClN5OS. The Morgan fingerprint density at radius 3 is 2.90 bits per heavy atom. The first-order valence-corrected chi connectivity index (χ1v) is 10.8. The Labute approximate surface area is 183 Å². The average molecular weight is 438 g/mol. The number of hydrogen-bond acceptors (Lipinski definition) is 6. The first-order valence-electron chi connectivity index (χ1n) is 9.56. The van der Waals surface area contributed by atoms with E-state index in [1.54, 1.807) is 18.6 Å². The van der Waals surface area contributed by atoms with E-state index in [4.69, 9.17) is 11.6 Å². The molecule has 4 rings (SSSR count). The van der Waals surface area contributed by atoms with Gasteiger partial charge in [-0.3, -0.25) is 14.8 Å². The van der Waals surface area contributed by atoms with Crippen molar-refractivity contribution >= 4 is 45.4 Å². The zero-order valence-corrected chi connectivity index (χ0v) is 17.9. The number of pyridine rings is 2. The summed E-state index contributed by atoms with van der Waals surface area (Å²) in [5.41, 5.74) is 3.50. The van der Waals surface area contributed by atoms with E-state index in [2.05, 4.69) is 25.6 Å². The molecule has 6 nitrogen and oxygen atoms in total. The lowest BCUT2D eigenvalue weighted by atomic mass is 10.2. The predicted octanol–water partition coefficient (Wildman–Crippen LogP) is 4.95. The van der Waals surface area contributed by atoms with Gasteiger partial charge >= 0.3 is 0 Å². The smallest absolute Gasteiger partial charge is 0.263 e. The predicted molar refractivity (Wildman–Crippen MR) is 122 cm³/mol. The van der Waals surface area contributed by atoms with Crippen LogP contribution in [0.25, 0.3) is 21.5 Å². The first-order chi connectivity index (χ1) is 14.6.